The number of rotatable bonds is 1. The van der Waals surface area contributed by atoms with Gasteiger partial charge in [-0.3, -0.25) is 4.79 Å². The van der Waals surface area contributed by atoms with E-state index in [1.165, 1.54) is 6.26 Å². The second kappa shape index (κ2) is 2.20. The van der Waals surface area contributed by atoms with E-state index in [1.54, 1.807) is 18.3 Å². The molecule has 0 aliphatic carbocycles. The van der Waals surface area contributed by atoms with Crippen LogP contribution in [0.5, 0.6) is 0 Å². The van der Waals surface area contributed by atoms with Gasteiger partial charge in [-0.2, -0.15) is 0 Å². The molecule has 11 heavy (non-hydrogen) atoms. The number of aldehydes is 1. The zero-order valence-corrected chi connectivity index (χ0v) is 5.65. The van der Waals surface area contributed by atoms with E-state index >= 15 is 0 Å². The summed E-state index contributed by atoms with van der Waals surface area (Å²) in [6.07, 6.45) is 3.86. The molecule has 0 radical (unpaired) electrons. The smallest absolute Gasteiger partial charge is 0.226 e. The molecule has 0 aliphatic heterocycles. The van der Waals surface area contributed by atoms with E-state index in [2.05, 4.69) is 4.98 Å². The fourth-order valence-corrected chi connectivity index (χ4v) is 0.999. The van der Waals surface area contributed by atoms with Gasteiger partial charge in [0, 0.05) is 11.8 Å². The topological polar surface area (TPSA) is 43.1 Å². The third-order valence-electron chi connectivity index (χ3n) is 1.53. The molecule has 2 heterocycles. The molecule has 0 amide bonds. The number of fused-ring (bicyclic) bond motifs is 1. The normalized spacial score (nSPS) is 10.2. The molecule has 2 aromatic heterocycles. The summed E-state index contributed by atoms with van der Waals surface area (Å²) in [7, 11) is 0. The molecule has 0 atom stereocenters. The molecule has 0 saturated carbocycles. The molecule has 0 bridgehead atoms. The zero-order chi connectivity index (χ0) is 7.68. The molecule has 54 valence electrons. The largest absolute Gasteiger partial charge is 0.446 e. The fourth-order valence-electron chi connectivity index (χ4n) is 0.999. The lowest BCUT2D eigenvalue weighted by molar-refractivity contribution is 0.112. The second-order valence-electron chi connectivity index (χ2n) is 2.16. The van der Waals surface area contributed by atoms with Gasteiger partial charge >= 0.3 is 0 Å². The van der Waals surface area contributed by atoms with Crippen LogP contribution >= 0.6 is 0 Å². The molecular formula is C8H5NO2. The quantitative estimate of drug-likeness (QED) is 0.576. The zero-order valence-electron chi connectivity index (χ0n) is 5.65. The van der Waals surface area contributed by atoms with Crippen LogP contribution in [0.2, 0.25) is 0 Å². The summed E-state index contributed by atoms with van der Waals surface area (Å²) in [5.41, 5.74) is 1.12. The minimum atomic E-state index is 0.509. The first-order chi connectivity index (χ1) is 5.42. The lowest BCUT2D eigenvalue weighted by Gasteiger charge is -1.88. The van der Waals surface area contributed by atoms with Crippen LogP contribution in [0.1, 0.15) is 10.4 Å². The van der Waals surface area contributed by atoms with Gasteiger partial charge in [-0.05, 0) is 12.1 Å². The number of hydrogen-bond donors (Lipinski definition) is 0. The SMILES string of the molecule is O=Cc1ccnc2occc12. The van der Waals surface area contributed by atoms with Crippen LogP contribution in [0, 0.1) is 0 Å². The van der Waals surface area contributed by atoms with Crippen molar-refractivity contribution in [3.8, 4) is 0 Å². The van der Waals surface area contributed by atoms with Gasteiger partial charge in [0.2, 0.25) is 5.71 Å². The molecule has 3 heteroatoms. The highest BCUT2D eigenvalue weighted by molar-refractivity contribution is 5.93. The molecule has 0 saturated heterocycles. The van der Waals surface area contributed by atoms with Gasteiger partial charge in [-0.15, -0.1) is 0 Å². The molecular weight excluding hydrogens is 142 g/mol. The summed E-state index contributed by atoms with van der Waals surface area (Å²) >= 11 is 0. The van der Waals surface area contributed by atoms with Crippen molar-refractivity contribution < 1.29 is 9.21 Å². The van der Waals surface area contributed by atoms with Gasteiger partial charge in [0.15, 0.2) is 6.29 Å². The van der Waals surface area contributed by atoms with Crippen molar-refractivity contribution in [3.05, 3.63) is 30.2 Å². The van der Waals surface area contributed by atoms with Crippen LogP contribution in [-0.4, -0.2) is 11.3 Å². The van der Waals surface area contributed by atoms with Crippen LogP contribution in [0.15, 0.2) is 29.0 Å². The summed E-state index contributed by atoms with van der Waals surface area (Å²) in [6.45, 7) is 0. The molecule has 2 aromatic rings. The Hall–Kier alpha value is -1.64. The highest BCUT2D eigenvalue weighted by Gasteiger charge is 2.01. The molecule has 2 rings (SSSR count). The number of carbonyl (C=O) groups is 1. The molecule has 3 nitrogen and oxygen atoms in total. The van der Waals surface area contributed by atoms with Crippen LogP contribution in [0.3, 0.4) is 0 Å². The number of hydrogen-bond acceptors (Lipinski definition) is 3. The van der Waals surface area contributed by atoms with E-state index in [9.17, 15) is 4.79 Å². The van der Waals surface area contributed by atoms with Crippen molar-refractivity contribution in [1.82, 2.24) is 4.98 Å². The summed E-state index contributed by atoms with van der Waals surface area (Å²) in [5.74, 6) is 0. The van der Waals surface area contributed by atoms with Crippen molar-refractivity contribution in [2.24, 2.45) is 0 Å². The lowest BCUT2D eigenvalue weighted by Crippen LogP contribution is -1.81. The molecule has 0 spiro atoms. The summed E-state index contributed by atoms with van der Waals surface area (Å²) < 4.78 is 4.99. The maximum atomic E-state index is 10.4. The van der Waals surface area contributed by atoms with Crippen LogP contribution in [0.4, 0.5) is 0 Å². The van der Waals surface area contributed by atoms with E-state index in [-0.39, 0.29) is 0 Å². The Balaban J connectivity index is 2.88. The van der Waals surface area contributed by atoms with Gasteiger partial charge in [-0.1, -0.05) is 0 Å². The minimum Gasteiger partial charge on any atom is -0.446 e. The molecule has 0 unspecified atom stereocenters. The van der Waals surface area contributed by atoms with Crippen LogP contribution < -0.4 is 0 Å². The van der Waals surface area contributed by atoms with Gasteiger partial charge in [0.25, 0.3) is 0 Å². The Morgan fingerprint density at radius 1 is 1.45 bits per heavy atom. The van der Waals surface area contributed by atoms with Crippen molar-refractivity contribution in [1.29, 1.82) is 0 Å². The maximum absolute atomic E-state index is 10.4. The highest BCUT2D eigenvalue weighted by Crippen LogP contribution is 2.15. The Labute approximate surface area is 62.7 Å². The number of nitrogens with zero attached hydrogens (tertiary/aromatic N) is 1. The number of pyridine rings is 1. The van der Waals surface area contributed by atoms with Gasteiger partial charge < -0.3 is 4.42 Å². The average molecular weight is 147 g/mol. The molecule has 0 aromatic carbocycles. The molecule has 0 fully saturated rings. The van der Waals surface area contributed by atoms with Gasteiger partial charge in [0.1, 0.15) is 0 Å². The van der Waals surface area contributed by atoms with Gasteiger partial charge in [0.05, 0.1) is 11.6 Å². The van der Waals surface area contributed by atoms with Crippen LogP contribution in [0.25, 0.3) is 11.1 Å². The third kappa shape index (κ3) is 0.816. The van der Waals surface area contributed by atoms with Crippen molar-refractivity contribution in [3.63, 3.8) is 0 Å². The molecule has 0 aliphatic rings. The fraction of sp³-hybridized carbons (Fsp3) is 0. The Kier molecular flexibility index (Phi) is 1.22. The number of carbonyl (C=O) groups excluding carboxylic acids is 1. The van der Waals surface area contributed by atoms with Gasteiger partial charge in [-0.25, -0.2) is 4.98 Å². The first-order valence-electron chi connectivity index (χ1n) is 3.19. The minimum absolute atomic E-state index is 0.509. The van der Waals surface area contributed by atoms with Crippen molar-refractivity contribution in [2.45, 2.75) is 0 Å². The summed E-state index contributed by atoms with van der Waals surface area (Å²) in [5, 5.41) is 0.766. The standard InChI is InChI=1S/C8H5NO2/c10-5-6-1-3-9-8-7(6)2-4-11-8/h1-5H. The second-order valence-corrected chi connectivity index (χ2v) is 2.16. The van der Waals surface area contributed by atoms with E-state index in [4.69, 9.17) is 4.42 Å². The lowest BCUT2D eigenvalue weighted by atomic mass is 10.2. The Morgan fingerprint density at radius 3 is 3.18 bits per heavy atom. The predicted molar refractivity (Wildman–Crippen MR) is 39.4 cm³/mol. The molecule has 0 N–H and O–H groups in total. The Bertz CT molecular complexity index is 392. The summed E-state index contributed by atoms with van der Waals surface area (Å²) in [4.78, 5) is 14.4. The first-order valence-corrected chi connectivity index (χ1v) is 3.19. The number of furan rings is 1. The monoisotopic (exact) mass is 147 g/mol. The first kappa shape index (κ1) is 6.09. The van der Waals surface area contributed by atoms with E-state index in [0.29, 0.717) is 11.3 Å². The van der Waals surface area contributed by atoms with Crippen molar-refractivity contribution >= 4 is 17.4 Å². The van der Waals surface area contributed by atoms with E-state index in [1.807, 2.05) is 0 Å². The van der Waals surface area contributed by atoms with Crippen LogP contribution in [-0.2, 0) is 0 Å². The Morgan fingerprint density at radius 2 is 2.36 bits per heavy atom. The van der Waals surface area contributed by atoms with E-state index in [0.717, 1.165) is 11.7 Å². The highest BCUT2D eigenvalue weighted by atomic mass is 16.3. The summed E-state index contributed by atoms with van der Waals surface area (Å²) in [6, 6.07) is 3.39. The third-order valence-corrected chi connectivity index (χ3v) is 1.53. The van der Waals surface area contributed by atoms with E-state index < -0.39 is 0 Å². The average Bonchev–Trinajstić information content (AvgIpc) is 2.50. The predicted octanol–water partition coefficient (Wildman–Crippen LogP) is 1.64. The maximum Gasteiger partial charge on any atom is 0.226 e. The number of aromatic nitrogens is 1. The van der Waals surface area contributed by atoms with Crippen molar-refractivity contribution in [2.75, 3.05) is 0 Å².